The SMILES string of the molecule is CCCCCCCCCCCCCCCCCCOC(=O)CCc1cc(C(C)(C)C)c(C(O)(c2c(C(C)(C)C)cc(CCC(=O)OCCCCCCCCCCCCCCCCCC)cc2C(C)(C)C)C(CO)(CO)CO)c(C(C)(C)C)c1.Cc1cc(C(C)(C)C)c(C(O)(c2c(C(C)(C)C)cc(C)cc2C(C)(C)C)C(CO)(CO)CO)c(C(C)(C)C)c1.OP(O)OP(O)O.OP(O)OP(O)O. The van der Waals surface area contributed by atoms with Crippen molar-refractivity contribution >= 4 is 46.3 Å². The van der Waals surface area contributed by atoms with Crippen molar-refractivity contribution in [2.24, 2.45) is 10.8 Å². The van der Waals surface area contributed by atoms with Gasteiger partial charge in [0.15, 0.2) is 0 Å². The lowest BCUT2D eigenvalue weighted by atomic mass is 9.56. The average Bonchev–Trinajstić information content (AvgIpc) is 0.697. The molecule has 0 fully saturated rings. The maximum Gasteiger partial charge on any atom is 0.334 e. The summed E-state index contributed by atoms with van der Waals surface area (Å²) in [6.07, 6.45) is 42.6. The van der Waals surface area contributed by atoms with E-state index in [9.17, 15) is 50.4 Å². The summed E-state index contributed by atoms with van der Waals surface area (Å²) in [5.74, 6) is -0.455. The Bertz CT molecular complexity index is 3600. The van der Waals surface area contributed by atoms with E-state index in [1.807, 2.05) is 0 Å². The van der Waals surface area contributed by atoms with Crippen LogP contribution in [-0.2, 0) is 95.0 Å². The van der Waals surface area contributed by atoms with Crippen molar-refractivity contribution in [3.8, 4) is 0 Å². The molecule has 4 aromatic carbocycles. The summed E-state index contributed by atoms with van der Waals surface area (Å²) in [6.45, 7) is 56.3. The molecule has 0 bridgehead atoms. The van der Waals surface area contributed by atoms with E-state index in [0.29, 0.717) is 48.3 Å². The zero-order chi connectivity index (χ0) is 104. The normalized spacial score (nSPS) is 13.1. The second kappa shape index (κ2) is 62.0. The smallest absolute Gasteiger partial charge is 0.334 e. The van der Waals surface area contributed by atoms with Crippen LogP contribution in [0.3, 0.4) is 0 Å². The highest BCUT2D eigenvalue weighted by molar-refractivity contribution is 7.53. The van der Waals surface area contributed by atoms with E-state index in [4.69, 9.17) is 48.6 Å². The van der Waals surface area contributed by atoms with Crippen molar-refractivity contribution < 1.29 is 108 Å². The molecule has 26 heteroatoms. The first-order chi connectivity index (χ1) is 63.0. The van der Waals surface area contributed by atoms with Crippen LogP contribution in [0.25, 0.3) is 0 Å². The van der Waals surface area contributed by atoms with Gasteiger partial charge in [-0.05, 0) is 161 Å². The number of unbranched alkanes of at least 4 members (excludes halogenated alkanes) is 30. The predicted octanol–water partition coefficient (Wildman–Crippen LogP) is 25.1. The van der Waals surface area contributed by atoms with Crippen molar-refractivity contribution in [2.75, 3.05) is 52.9 Å². The Balaban J connectivity index is 0.00000142. The number of carbonyl (C=O) groups is 2. The van der Waals surface area contributed by atoms with Crippen LogP contribution in [0.15, 0.2) is 48.5 Å². The van der Waals surface area contributed by atoms with Crippen LogP contribution in [0.4, 0.5) is 0 Å². The van der Waals surface area contributed by atoms with Crippen molar-refractivity contribution in [1.29, 1.82) is 0 Å². The highest BCUT2D eigenvalue weighted by atomic mass is 31.2. The highest BCUT2D eigenvalue weighted by Crippen LogP contribution is 2.59. The van der Waals surface area contributed by atoms with Crippen molar-refractivity contribution in [3.05, 3.63) is 138 Å². The van der Waals surface area contributed by atoms with Gasteiger partial charge in [0.05, 0.1) is 63.7 Å². The van der Waals surface area contributed by atoms with E-state index in [1.54, 1.807) is 0 Å². The summed E-state index contributed by atoms with van der Waals surface area (Å²) in [7, 11) is -10.4. The predicted molar refractivity (Wildman–Crippen MR) is 563 cm³/mol. The topological polar surface area (TPSA) is 395 Å². The fourth-order valence-corrected chi connectivity index (χ4v) is 19.3. The molecule has 0 spiro atoms. The number of rotatable bonds is 56. The summed E-state index contributed by atoms with van der Waals surface area (Å²) >= 11 is 0. The molecule has 4 aromatic rings. The minimum Gasteiger partial charge on any atom is -0.466 e. The molecule has 0 saturated carbocycles. The van der Waals surface area contributed by atoms with Crippen LogP contribution < -0.4 is 0 Å². The van der Waals surface area contributed by atoms with Crippen LogP contribution in [0.1, 0.15) is 487 Å². The molecule has 0 amide bonds. The quantitative estimate of drug-likeness (QED) is 0.0111. The Hall–Kier alpha value is -3.18. The van der Waals surface area contributed by atoms with Gasteiger partial charge in [0, 0.05) is 12.8 Å². The molecule has 0 saturated heterocycles. The Morgan fingerprint density at radius 2 is 0.412 bits per heavy atom. The van der Waals surface area contributed by atoms with Gasteiger partial charge in [0.2, 0.25) is 0 Å². The summed E-state index contributed by atoms with van der Waals surface area (Å²) < 4.78 is 18.8. The lowest BCUT2D eigenvalue weighted by Gasteiger charge is -2.52. The van der Waals surface area contributed by atoms with Crippen LogP contribution in [-0.4, -0.2) is 145 Å². The van der Waals surface area contributed by atoms with Crippen molar-refractivity contribution in [1.82, 2.24) is 0 Å². The lowest BCUT2D eigenvalue weighted by molar-refractivity contribution is -0.144. The third kappa shape index (κ3) is 43.6. The van der Waals surface area contributed by atoms with Crippen LogP contribution in [0.5, 0.6) is 0 Å². The van der Waals surface area contributed by atoms with E-state index >= 15 is 0 Å². The van der Waals surface area contributed by atoms with Crippen molar-refractivity contribution in [2.45, 2.75) is 480 Å². The number of carbonyl (C=O) groups excluding carboxylic acids is 2. The second-order valence-corrected chi connectivity index (χ2v) is 50.1. The highest BCUT2D eigenvalue weighted by Gasteiger charge is 2.60. The number of aryl methyl sites for hydroxylation is 4. The number of ether oxygens (including phenoxy) is 2. The van der Waals surface area contributed by atoms with Crippen LogP contribution >= 0.6 is 34.4 Å². The molecule has 22 nitrogen and oxygen atoms in total. The minimum absolute atomic E-state index is 0.209. The fraction of sp³-hybridized carbons (Fsp3) is 0.764. The zero-order valence-electron chi connectivity index (χ0n) is 90.1. The number of hydrogen-bond acceptors (Lipinski definition) is 22. The first-order valence-corrected chi connectivity index (χ1v) is 55.8. The molecule has 0 aliphatic heterocycles. The third-order valence-electron chi connectivity index (χ3n) is 26.3. The lowest BCUT2D eigenvalue weighted by Crippen LogP contribution is -2.57. The van der Waals surface area contributed by atoms with Gasteiger partial charge in [-0.1, -0.05) is 432 Å². The molecule has 0 aliphatic rings. The summed E-state index contributed by atoms with van der Waals surface area (Å²) in [5.41, 5.74) is 1.95. The number of aliphatic hydroxyl groups is 8. The van der Waals surface area contributed by atoms with Gasteiger partial charge in [-0.3, -0.25) is 9.59 Å². The summed E-state index contributed by atoms with van der Waals surface area (Å²) in [5, 5.41) is 96.4. The fourth-order valence-electron chi connectivity index (χ4n) is 18.3. The number of hydrogen-bond donors (Lipinski definition) is 16. The standard InChI is InChI=1S/C75H132O8.C35H56O4.2H4O5P2/c1-15-17-19-21-23-25-27-29-31-33-35-37-39-41-43-45-51-82-66(79)49-47-60-53-62(70(3,4)5)68(63(54-60)71(6,7)8)75(81,74(57-76,58-77)59-78)69-64(72(9,10)11)55-61(56-65(69)73(12,13)14)48-50-67(80)83-52-46-44-42-40-38-36-34-32-30-28-26-24-22-20-18-16-2;1-22-15-24(30(3,4)5)28(25(16-22)31(6,7)8)35(39,34(19-36,20-37)21-38)29-26(32(9,10)11)17-23(2)18-27(29)33(12,13)14;2*1-6(2)5-7(3)4/h53-56,76-78,81H,15-52,57-59H2,1-14H3;15-18,36-39H,19-21H2,1-14H3;2*1-4H. The molecular formula is C110H196O22P4. The Kier molecular flexibility index (Phi) is 59.6. The monoisotopic (exact) mass is 1990 g/mol. The molecule has 0 atom stereocenters. The van der Waals surface area contributed by atoms with Gasteiger partial charge >= 0.3 is 46.3 Å². The van der Waals surface area contributed by atoms with Gasteiger partial charge in [0.25, 0.3) is 0 Å². The van der Waals surface area contributed by atoms with Crippen molar-refractivity contribution in [3.63, 3.8) is 0 Å². The van der Waals surface area contributed by atoms with Gasteiger partial charge in [-0.2, -0.15) is 0 Å². The molecule has 16 N–H and O–H groups in total. The number of esters is 2. The number of aliphatic hydroxyl groups excluding tert-OH is 6. The van der Waals surface area contributed by atoms with Gasteiger partial charge in [0.1, 0.15) is 11.2 Å². The first-order valence-electron chi connectivity index (χ1n) is 51.1. The molecule has 788 valence electrons. The number of benzene rings is 4. The summed E-state index contributed by atoms with van der Waals surface area (Å²) in [4.78, 5) is 89.3. The zero-order valence-corrected chi connectivity index (χ0v) is 93.7. The Labute approximate surface area is 830 Å². The molecule has 0 unspecified atom stereocenters. The van der Waals surface area contributed by atoms with E-state index in [1.165, 1.54) is 167 Å². The maximum atomic E-state index is 14.6. The maximum absolute atomic E-state index is 14.6. The summed E-state index contributed by atoms with van der Waals surface area (Å²) in [6, 6.07) is 16.8. The van der Waals surface area contributed by atoms with Crippen LogP contribution in [0.2, 0.25) is 0 Å². The molecule has 136 heavy (non-hydrogen) atoms. The second-order valence-electron chi connectivity index (χ2n) is 46.8. The average molecular weight is 1990 g/mol. The molecule has 4 rings (SSSR count). The minimum atomic E-state index is -2.61. The molecule has 0 radical (unpaired) electrons. The molecular weight excluding hydrogens is 1800 g/mol. The van der Waals surface area contributed by atoms with Gasteiger partial charge in [-0.25, -0.2) is 8.62 Å². The van der Waals surface area contributed by atoms with Crippen LogP contribution in [0, 0.1) is 24.7 Å². The first kappa shape index (κ1) is 131. The largest absolute Gasteiger partial charge is 0.466 e. The molecule has 0 aromatic heterocycles. The Morgan fingerprint density at radius 3 is 0.551 bits per heavy atom. The van der Waals surface area contributed by atoms with E-state index in [0.717, 1.165) is 105 Å². The Morgan fingerprint density at radius 1 is 0.257 bits per heavy atom. The molecule has 0 aliphatic carbocycles. The molecule has 0 heterocycles. The van der Waals surface area contributed by atoms with Gasteiger partial charge in [-0.15, -0.1) is 0 Å². The van der Waals surface area contributed by atoms with Gasteiger partial charge < -0.3 is 89.5 Å². The van der Waals surface area contributed by atoms with E-state index in [-0.39, 0.29) is 46.4 Å². The van der Waals surface area contributed by atoms with E-state index in [2.05, 4.69) is 251 Å². The van der Waals surface area contributed by atoms with E-state index < -0.39 is 118 Å². The third-order valence-corrected chi connectivity index (χ3v) is 28.6.